The number of carbonyl (C=O) groups is 2. The van der Waals surface area contributed by atoms with Gasteiger partial charge in [-0.2, -0.15) is 0 Å². The fourth-order valence-electron chi connectivity index (χ4n) is 2.32. The highest BCUT2D eigenvalue weighted by Gasteiger charge is 2.18. The van der Waals surface area contributed by atoms with Crippen molar-refractivity contribution in [1.29, 1.82) is 0 Å². The molecule has 5 nitrogen and oxygen atoms in total. The molecule has 0 bridgehead atoms. The molecule has 0 unspecified atom stereocenters. The molecule has 5 heteroatoms. The van der Waals surface area contributed by atoms with Crippen LogP contribution < -0.4 is 5.32 Å². The number of aryl methyl sites for hydroxylation is 1. The Balaban J connectivity index is 1.83. The van der Waals surface area contributed by atoms with Crippen molar-refractivity contribution in [3.05, 3.63) is 70.8 Å². The van der Waals surface area contributed by atoms with Gasteiger partial charge in [0.05, 0.1) is 18.3 Å². The summed E-state index contributed by atoms with van der Waals surface area (Å²) in [4.78, 5) is 24.4. The van der Waals surface area contributed by atoms with Gasteiger partial charge in [-0.1, -0.05) is 42.0 Å². The summed E-state index contributed by atoms with van der Waals surface area (Å²) in [5, 5.41) is 2.78. The number of ether oxygens (including phenoxy) is 2. The van der Waals surface area contributed by atoms with Gasteiger partial charge in [0.1, 0.15) is 0 Å². The Morgan fingerprint density at radius 3 is 2.11 bits per heavy atom. The number of amides is 1. The molecule has 0 fully saturated rings. The predicted octanol–water partition coefficient (Wildman–Crippen LogP) is 3.78. The molecule has 2 rings (SSSR count). The Bertz CT molecular complexity index is 751. The summed E-state index contributed by atoms with van der Waals surface area (Å²) in [5.74, 6) is -0.852. The van der Waals surface area contributed by atoms with Crippen LogP contribution in [0.15, 0.2) is 48.5 Å². The zero-order valence-electron chi connectivity index (χ0n) is 16.3. The topological polar surface area (TPSA) is 64.6 Å². The minimum Gasteiger partial charge on any atom is -0.449 e. The molecule has 0 heterocycles. The van der Waals surface area contributed by atoms with Crippen molar-refractivity contribution in [3.63, 3.8) is 0 Å². The van der Waals surface area contributed by atoms with E-state index in [-0.39, 0.29) is 12.0 Å². The summed E-state index contributed by atoms with van der Waals surface area (Å²) < 4.78 is 10.8. The first-order valence-electron chi connectivity index (χ1n) is 9.10. The summed E-state index contributed by atoms with van der Waals surface area (Å²) in [6, 6.07) is 14.9. The Hall–Kier alpha value is -2.66. The molecule has 27 heavy (non-hydrogen) atoms. The summed E-state index contributed by atoms with van der Waals surface area (Å²) in [5.41, 5.74) is 3.53. The van der Waals surface area contributed by atoms with Crippen LogP contribution in [0, 0.1) is 6.92 Å². The van der Waals surface area contributed by atoms with Crippen LogP contribution in [0.3, 0.4) is 0 Å². The second-order valence-corrected chi connectivity index (χ2v) is 6.81. The maximum Gasteiger partial charge on any atom is 0.338 e. The summed E-state index contributed by atoms with van der Waals surface area (Å²) >= 11 is 0. The van der Waals surface area contributed by atoms with Crippen molar-refractivity contribution in [2.24, 2.45) is 0 Å². The van der Waals surface area contributed by atoms with E-state index in [4.69, 9.17) is 9.47 Å². The van der Waals surface area contributed by atoms with Gasteiger partial charge in [-0.15, -0.1) is 0 Å². The second kappa shape index (κ2) is 9.88. The molecule has 0 aliphatic heterocycles. The van der Waals surface area contributed by atoms with Crippen LogP contribution in [0.5, 0.6) is 0 Å². The first-order chi connectivity index (χ1) is 12.8. The van der Waals surface area contributed by atoms with Crippen molar-refractivity contribution in [2.75, 3.05) is 0 Å². The number of hydrogen-bond acceptors (Lipinski definition) is 4. The third kappa shape index (κ3) is 6.87. The van der Waals surface area contributed by atoms with Crippen LogP contribution in [0.4, 0.5) is 0 Å². The SMILES string of the molecule is Cc1ccc(CNC(=O)[C@H](C)OC(=O)c2ccc(COC(C)C)cc2)cc1. The first-order valence-corrected chi connectivity index (χ1v) is 9.10. The van der Waals surface area contributed by atoms with Crippen molar-refractivity contribution in [1.82, 2.24) is 5.32 Å². The zero-order chi connectivity index (χ0) is 19.8. The van der Waals surface area contributed by atoms with E-state index in [1.807, 2.05) is 57.2 Å². The predicted molar refractivity (Wildman–Crippen MR) is 104 cm³/mol. The monoisotopic (exact) mass is 369 g/mol. The van der Waals surface area contributed by atoms with Crippen LogP contribution in [0.2, 0.25) is 0 Å². The Morgan fingerprint density at radius 1 is 0.926 bits per heavy atom. The van der Waals surface area contributed by atoms with Gasteiger partial charge < -0.3 is 14.8 Å². The Labute approximate surface area is 160 Å². The molecule has 1 N–H and O–H groups in total. The molecule has 2 aromatic rings. The lowest BCUT2D eigenvalue weighted by molar-refractivity contribution is -0.129. The van der Waals surface area contributed by atoms with E-state index in [2.05, 4.69) is 5.32 Å². The van der Waals surface area contributed by atoms with Crippen molar-refractivity contribution >= 4 is 11.9 Å². The van der Waals surface area contributed by atoms with E-state index in [9.17, 15) is 9.59 Å². The average Bonchev–Trinajstić information content (AvgIpc) is 2.65. The lowest BCUT2D eigenvalue weighted by Crippen LogP contribution is -2.35. The third-order valence-corrected chi connectivity index (χ3v) is 4.01. The minimum absolute atomic E-state index is 0.147. The highest BCUT2D eigenvalue weighted by molar-refractivity contribution is 5.92. The lowest BCUT2D eigenvalue weighted by atomic mass is 10.1. The normalized spacial score (nSPS) is 11.9. The molecule has 0 aromatic heterocycles. The third-order valence-electron chi connectivity index (χ3n) is 4.01. The average molecular weight is 369 g/mol. The number of benzene rings is 2. The smallest absolute Gasteiger partial charge is 0.338 e. The molecule has 0 saturated heterocycles. The van der Waals surface area contributed by atoms with Crippen molar-refractivity contribution in [2.45, 2.75) is 53.1 Å². The molecule has 0 spiro atoms. The van der Waals surface area contributed by atoms with Crippen LogP contribution in [0.1, 0.15) is 47.8 Å². The van der Waals surface area contributed by atoms with Gasteiger partial charge in [0, 0.05) is 6.54 Å². The largest absolute Gasteiger partial charge is 0.449 e. The zero-order valence-corrected chi connectivity index (χ0v) is 16.3. The van der Waals surface area contributed by atoms with E-state index >= 15 is 0 Å². The molecule has 0 saturated carbocycles. The Kier molecular flexibility index (Phi) is 7.55. The van der Waals surface area contributed by atoms with E-state index in [0.717, 1.165) is 16.7 Å². The van der Waals surface area contributed by atoms with E-state index in [1.54, 1.807) is 19.1 Å². The number of carbonyl (C=O) groups excluding carboxylic acids is 2. The van der Waals surface area contributed by atoms with E-state index in [0.29, 0.717) is 18.7 Å². The molecule has 1 amide bonds. The van der Waals surface area contributed by atoms with Gasteiger partial charge in [-0.3, -0.25) is 4.79 Å². The summed E-state index contributed by atoms with van der Waals surface area (Å²) in [7, 11) is 0. The Morgan fingerprint density at radius 2 is 1.52 bits per heavy atom. The second-order valence-electron chi connectivity index (χ2n) is 6.81. The van der Waals surface area contributed by atoms with Gasteiger partial charge in [0.15, 0.2) is 6.10 Å². The van der Waals surface area contributed by atoms with E-state index < -0.39 is 12.1 Å². The van der Waals surface area contributed by atoms with Gasteiger partial charge >= 0.3 is 5.97 Å². The highest BCUT2D eigenvalue weighted by atomic mass is 16.5. The van der Waals surface area contributed by atoms with Gasteiger partial charge in [0.2, 0.25) is 0 Å². The molecule has 0 aliphatic carbocycles. The number of nitrogens with one attached hydrogen (secondary N) is 1. The van der Waals surface area contributed by atoms with E-state index in [1.165, 1.54) is 0 Å². The maximum atomic E-state index is 12.2. The molecule has 0 aliphatic rings. The molecule has 2 aromatic carbocycles. The fourth-order valence-corrected chi connectivity index (χ4v) is 2.32. The molecule has 144 valence electrons. The standard InChI is InChI=1S/C22H27NO4/c1-15(2)26-14-19-9-11-20(12-10-19)22(25)27-17(4)21(24)23-13-18-7-5-16(3)6-8-18/h5-12,15,17H,13-14H2,1-4H3,(H,23,24)/t17-/m0/s1. The van der Waals surface area contributed by atoms with Gasteiger partial charge in [0.25, 0.3) is 5.91 Å². The quantitative estimate of drug-likeness (QED) is 0.719. The maximum absolute atomic E-state index is 12.2. The molecular weight excluding hydrogens is 342 g/mol. The minimum atomic E-state index is -0.869. The highest BCUT2D eigenvalue weighted by Crippen LogP contribution is 2.10. The van der Waals surface area contributed by atoms with Crippen LogP contribution >= 0.6 is 0 Å². The van der Waals surface area contributed by atoms with Gasteiger partial charge in [-0.25, -0.2) is 4.79 Å². The van der Waals surface area contributed by atoms with Crippen LogP contribution in [0.25, 0.3) is 0 Å². The molecule has 1 atom stereocenters. The van der Waals surface area contributed by atoms with Gasteiger partial charge in [-0.05, 0) is 51.0 Å². The van der Waals surface area contributed by atoms with Crippen LogP contribution in [-0.4, -0.2) is 24.1 Å². The fraction of sp³-hybridized carbons (Fsp3) is 0.364. The van der Waals surface area contributed by atoms with Crippen molar-refractivity contribution in [3.8, 4) is 0 Å². The number of hydrogen-bond donors (Lipinski definition) is 1. The first kappa shape index (κ1) is 20.6. The van der Waals surface area contributed by atoms with Crippen molar-refractivity contribution < 1.29 is 19.1 Å². The van der Waals surface area contributed by atoms with Crippen LogP contribution in [-0.2, 0) is 27.4 Å². The molecule has 0 radical (unpaired) electrons. The summed E-state index contributed by atoms with van der Waals surface area (Å²) in [6.07, 6.45) is -0.721. The number of rotatable bonds is 8. The lowest BCUT2D eigenvalue weighted by Gasteiger charge is -2.14. The number of esters is 1. The summed E-state index contributed by atoms with van der Waals surface area (Å²) in [6.45, 7) is 8.39. The molecular formula is C22H27NO4.